The van der Waals surface area contributed by atoms with Crippen LogP contribution >= 0.6 is 0 Å². The van der Waals surface area contributed by atoms with Crippen molar-refractivity contribution >= 4 is 16.5 Å². The van der Waals surface area contributed by atoms with E-state index in [4.69, 9.17) is 0 Å². The van der Waals surface area contributed by atoms with Crippen LogP contribution < -0.4 is 5.32 Å². The molecule has 1 aliphatic heterocycles. The number of fused-ring (bicyclic) bond motifs is 1. The van der Waals surface area contributed by atoms with Gasteiger partial charge < -0.3 is 15.4 Å². The second kappa shape index (κ2) is 7.79. The van der Waals surface area contributed by atoms with Crippen LogP contribution in [0.3, 0.4) is 0 Å². The zero-order chi connectivity index (χ0) is 17.8. The molecule has 4 rings (SSSR count). The molecule has 2 aromatic carbocycles. The Morgan fingerprint density at radius 2 is 1.88 bits per heavy atom. The molecule has 0 aliphatic carbocycles. The molecule has 2 heterocycles. The number of benzene rings is 2. The molecule has 1 atom stereocenters. The molecule has 3 aromatic rings. The predicted molar refractivity (Wildman–Crippen MR) is 108 cm³/mol. The van der Waals surface area contributed by atoms with Crippen molar-refractivity contribution in [3.63, 3.8) is 0 Å². The minimum atomic E-state index is 0.249. The van der Waals surface area contributed by atoms with Crippen molar-refractivity contribution in [2.24, 2.45) is 0 Å². The molecule has 1 aliphatic rings. The maximum absolute atomic E-state index is 9.67. The number of aromatic hydroxyl groups is 1. The van der Waals surface area contributed by atoms with Gasteiger partial charge in [-0.15, -0.1) is 0 Å². The van der Waals surface area contributed by atoms with Crippen molar-refractivity contribution in [2.75, 3.05) is 6.54 Å². The lowest BCUT2D eigenvalue weighted by Crippen LogP contribution is -2.32. The molecule has 1 aromatic heterocycles. The average Bonchev–Trinajstić information content (AvgIpc) is 3.07. The summed E-state index contributed by atoms with van der Waals surface area (Å²) >= 11 is 0. The number of hydrogen-bond donors (Lipinski definition) is 3. The molecule has 1 unspecified atom stereocenters. The van der Waals surface area contributed by atoms with Crippen LogP contribution in [0.1, 0.15) is 36.8 Å². The molecule has 0 saturated carbocycles. The van der Waals surface area contributed by atoms with E-state index in [-0.39, 0.29) is 5.88 Å². The molecule has 3 heteroatoms. The lowest BCUT2D eigenvalue weighted by atomic mass is 9.92. The molecule has 0 spiro atoms. The van der Waals surface area contributed by atoms with E-state index in [0.717, 1.165) is 30.3 Å². The summed E-state index contributed by atoms with van der Waals surface area (Å²) in [7, 11) is 0. The van der Waals surface area contributed by atoms with Gasteiger partial charge >= 0.3 is 0 Å². The van der Waals surface area contributed by atoms with E-state index in [0.29, 0.717) is 6.04 Å². The average molecular weight is 346 g/mol. The zero-order valence-corrected chi connectivity index (χ0v) is 15.0. The van der Waals surface area contributed by atoms with Gasteiger partial charge in [-0.05, 0) is 48.4 Å². The van der Waals surface area contributed by atoms with Crippen LogP contribution in [0.15, 0.2) is 60.7 Å². The third kappa shape index (κ3) is 3.83. The summed E-state index contributed by atoms with van der Waals surface area (Å²) in [5, 5.41) is 14.5. The first-order valence-electron chi connectivity index (χ1n) is 9.57. The van der Waals surface area contributed by atoms with E-state index in [2.05, 4.69) is 58.8 Å². The van der Waals surface area contributed by atoms with Crippen molar-refractivity contribution in [3.05, 3.63) is 71.8 Å². The molecular weight excluding hydrogens is 320 g/mol. The van der Waals surface area contributed by atoms with Gasteiger partial charge in [0.2, 0.25) is 0 Å². The van der Waals surface area contributed by atoms with Gasteiger partial charge in [0.05, 0.1) is 0 Å². The van der Waals surface area contributed by atoms with E-state index in [1.165, 1.54) is 36.0 Å². The smallest absolute Gasteiger partial charge is 0.189 e. The van der Waals surface area contributed by atoms with Crippen molar-refractivity contribution in [2.45, 2.75) is 38.1 Å². The Balaban J connectivity index is 1.29. The maximum Gasteiger partial charge on any atom is 0.189 e. The highest BCUT2D eigenvalue weighted by Gasteiger charge is 2.15. The molecule has 3 nitrogen and oxygen atoms in total. The first-order chi connectivity index (χ1) is 12.8. The van der Waals surface area contributed by atoms with Gasteiger partial charge in [-0.3, -0.25) is 0 Å². The number of nitrogens with one attached hydrogen (secondary N) is 2. The Hall–Kier alpha value is -2.52. The molecule has 0 bridgehead atoms. The quantitative estimate of drug-likeness (QED) is 0.548. The molecular formula is C23H26N2O. The third-order valence-corrected chi connectivity index (χ3v) is 5.35. The molecule has 0 radical (unpaired) electrons. The predicted octanol–water partition coefficient (Wildman–Crippen LogP) is 5.03. The van der Waals surface area contributed by atoms with Gasteiger partial charge in [-0.1, -0.05) is 55.0 Å². The number of aryl methyl sites for hydroxylation is 1. The molecule has 0 fully saturated rings. The van der Waals surface area contributed by atoms with Crippen LogP contribution in [0.4, 0.5) is 0 Å². The highest BCUT2D eigenvalue weighted by Crippen LogP contribution is 2.26. The largest absolute Gasteiger partial charge is 0.495 e. The number of hydrogen-bond acceptors (Lipinski definition) is 2. The lowest BCUT2D eigenvalue weighted by Gasteiger charge is -2.24. The first kappa shape index (κ1) is 16.9. The first-order valence-corrected chi connectivity index (χ1v) is 9.57. The maximum atomic E-state index is 9.67. The summed E-state index contributed by atoms with van der Waals surface area (Å²) in [6.07, 6.45) is 8.09. The highest BCUT2D eigenvalue weighted by atomic mass is 16.3. The van der Waals surface area contributed by atoms with E-state index in [1.807, 2.05) is 12.1 Å². The van der Waals surface area contributed by atoms with Gasteiger partial charge in [-0.25, -0.2) is 0 Å². The van der Waals surface area contributed by atoms with Gasteiger partial charge in [0.1, 0.15) is 0 Å². The monoisotopic (exact) mass is 346 g/mol. The zero-order valence-electron chi connectivity index (χ0n) is 15.0. The van der Waals surface area contributed by atoms with Crippen molar-refractivity contribution in [1.29, 1.82) is 0 Å². The van der Waals surface area contributed by atoms with Gasteiger partial charge in [0, 0.05) is 29.6 Å². The fourth-order valence-corrected chi connectivity index (χ4v) is 3.99. The Labute approximate surface area is 154 Å². The minimum absolute atomic E-state index is 0.249. The summed E-state index contributed by atoms with van der Waals surface area (Å²) < 4.78 is 0. The Kier molecular flexibility index (Phi) is 5.07. The summed E-state index contributed by atoms with van der Waals surface area (Å²) in [6, 6.07) is 19.4. The third-order valence-electron chi connectivity index (χ3n) is 5.35. The summed E-state index contributed by atoms with van der Waals surface area (Å²) in [5.74, 6) is 0.249. The van der Waals surface area contributed by atoms with Crippen LogP contribution in [0, 0.1) is 0 Å². The van der Waals surface area contributed by atoms with Crippen molar-refractivity contribution < 1.29 is 5.11 Å². The van der Waals surface area contributed by atoms with E-state index in [1.54, 1.807) is 0 Å². The Bertz CT molecular complexity index is 895. The number of unbranched alkanes of at least 4 members (excludes halogenated alkanes) is 1. The second-order valence-corrected chi connectivity index (χ2v) is 7.18. The van der Waals surface area contributed by atoms with Gasteiger partial charge in [0.25, 0.3) is 0 Å². The van der Waals surface area contributed by atoms with E-state index < -0.39 is 0 Å². The van der Waals surface area contributed by atoms with Crippen molar-refractivity contribution in [3.8, 4) is 5.88 Å². The summed E-state index contributed by atoms with van der Waals surface area (Å²) in [6.45, 7) is 0.969. The second-order valence-electron chi connectivity index (χ2n) is 7.18. The minimum Gasteiger partial charge on any atom is -0.495 e. The molecule has 134 valence electrons. The standard InChI is InChI=1S/C23H26N2O/c26-23-16-21-18(10-6-12-22(21)25-23)9-4-5-11-20-15-19(13-14-24-20)17-7-2-1-3-8-17/h1-3,6-8,10,12-13,16,20,24-26H,4-5,9,11,14-15H2. The number of aromatic nitrogens is 1. The van der Waals surface area contributed by atoms with Crippen LogP contribution in [0.2, 0.25) is 0 Å². The number of H-pyrrole nitrogens is 1. The Morgan fingerprint density at radius 1 is 1.00 bits per heavy atom. The van der Waals surface area contributed by atoms with Crippen LogP contribution in [-0.2, 0) is 6.42 Å². The molecule has 0 saturated heterocycles. The van der Waals surface area contributed by atoms with Crippen molar-refractivity contribution in [1.82, 2.24) is 10.3 Å². The fraction of sp³-hybridized carbons (Fsp3) is 0.304. The van der Waals surface area contributed by atoms with Crippen LogP contribution in [0.5, 0.6) is 5.88 Å². The lowest BCUT2D eigenvalue weighted by molar-refractivity contribution is 0.458. The van der Waals surface area contributed by atoms with E-state index in [9.17, 15) is 5.11 Å². The SMILES string of the molecule is Oc1cc2c(CCCCC3CC(c4ccccc4)=CCN3)cccc2[nH]1. The highest BCUT2D eigenvalue weighted by molar-refractivity contribution is 5.84. The summed E-state index contributed by atoms with van der Waals surface area (Å²) in [4.78, 5) is 3.00. The Morgan fingerprint density at radius 3 is 2.77 bits per heavy atom. The number of aromatic amines is 1. The topological polar surface area (TPSA) is 48.0 Å². The van der Waals surface area contributed by atoms with E-state index >= 15 is 0 Å². The number of rotatable bonds is 6. The molecule has 26 heavy (non-hydrogen) atoms. The molecule has 0 amide bonds. The normalized spacial score (nSPS) is 17.4. The van der Waals surface area contributed by atoms with Crippen LogP contribution in [0.25, 0.3) is 16.5 Å². The van der Waals surface area contributed by atoms with Crippen LogP contribution in [-0.4, -0.2) is 22.7 Å². The fourth-order valence-electron chi connectivity index (χ4n) is 3.99. The molecule has 3 N–H and O–H groups in total. The summed E-state index contributed by atoms with van der Waals surface area (Å²) in [5.41, 5.74) is 5.17. The van der Waals surface area contributed by atoms with Gasteiger partial charge in [-0.2, -0.15) is 0 Å². The van der Waals surface area contributed by atoms with Gasteiger partial charge in [0.15, 0.2) is 5.88 Å².